The highest BCUT2D eigenvalue weighted by Gasteiger charge is 2.57. The molecule has 0 heterocycles. The van der Waals surface area contributed by atoms with Crippen LogP contribution in [0.1, 0.15) is 92.4 Å². The van der Waals surface area contributed by atoms with Gasteiger partial charge in [0.1, 0.15) is 0 Å². The molecule has 0 N–H and O–H groups in total. The van der Waals surface area contributed by atoms with Crippen LogP contribution in [0.4, 0.5) is 0 Å². The molecule has 0 aliphatic heterocycles. The van der Waals surface area contributed by atoms with Gasteiger partial charge in [-0.15, -0.1) is 0 Å². The standard InChI is InChI=1S/C31H38O4/c1-19-10-15-26-30(2,16-7-17-31(26,3)29(34)35-4)25(19)14-12-20-11-13-23-24(18-20)28(33)22-9-6-5-8-21(22)27(23)32/h5-6,8-9,11,23-26H,1,7,10,12-18H2,2-4H3/t23?,24?,25-,26+,30+,31-/m0/s1. The Labute approximate surface area is 209 Å². The van der Waals surface area contributed by atoms with E-state index in [1.165, 1.54) is 18.3 Å². The van der Waals surface area contributed by atoms with Gasteiger partial charge in [-0.1, -0.05) is 61.4 Å². The summed E-state index contributed by atoms with van der Waals surface area (Å²) in [7, 11) is 1.51. The van der Waals surface area contributed by atoms with Crippen LogP contribution in [0, 0.1) is 34.5 Å². The number of esters is 1. The molecule has 4 aliphatic rings. The lowest BCUT2D eigenvalue weighted by Gasteiger charge is -2.57. The summed E-state index contributed by atoms with van der Waals surface area (Å²) in [5.41, 5.74) is 3.41. The zero-order valence-corrected chi connectivity index (χ0v) is 21.4. The Hall–Kier alpha value is -2.49. The smallest absolute Gasteiger partial charge is 0.311 e. The summed E-state index contributed by atoms with van der Waals surface area (Å²) in [6.07, 6.45) is 10.5. The average molecular weight is 475 g/mol. The highest BCUT2D eigenvalue weighted by Crippen LogP contribution is 2.62. The number of carbonyl (C=O) groups excluding carboxylic acids is 3. The summed E-state index contributed by atoms with van der Waals surface area (Å²) in [6.45, 7) is 8.97. The van der Waals surface area contributed by atoms with Gasteiger partial charge in [-0.2, -0.15) is 0 Å². The molecule has 0 radical (unpaired) electrons. The summed E-state index contributed by atoms with van der Waals surface area (Å²) in [4.78, 5) is 39.2. The van der Waals surface area contributed by atoms with Gasteiger partial charge in [-0.3, -0.25) is 14.4 Å². The van der Waals surface area contributed by atoms with E-state index in [2.05, 4.69) is 26.5 Å². The maximum atomic E-state index is 13.3. The van der Waals surface area contributed by atoms with Crippen LogP contribution < -0.4 is 0 Å². The molecule has 0 aromatic heterocycles. The molecule has 2 fully saturated rings. The van der Waals surface area contributed by atoms with Gasteiger partial charge in [0.25, 0.3) is 0 Å². The van der Waals surface area contributed by atoms with Crippen molar-refractivity contribution in [3.05, 3.63) is 59.2 Å². The lowest BCUT2D eigenvalue weighted by molar-refractivity contribution is -0.168. The Kier molecular flexibility index (Phi) is 6.14. The van der Waals surface area contributed by atoms with Crippen LogP contribution in [0.15, 0.2) is 48.1 Å². The zero-order chi connectivity index (χ0) is 25.0. The number of hydrogen-bond acceptors (Lipinski definition) is 4. The predicted molar refractivity (Wildman–Crippen MR) is 136 cm³/mol. The molecule has 0 amide bonds. The normalized spacial score (nSPS) is 36.5. The molecule has 6 atom stereocenters. The third kappa shape index (κ3) is 3.75. The minimum Gasteiger partial charge on any atom is -0.469 e. The number of Topliss-reactive ketones (excluding diaryl/α,β-unsaturated/α-hetero) is 2. The van der Waals surface area contributed by atoms with Crippen LogP contribution in [-0.2, 0) is 9.53 Å². The average Bonchev–Trinajstić information content (AvgIpc) is 2.86. The van der Waals surface area contributed by atoms with Crippen molar-refractivity contribution in [1.29, 1.82) is 0 Å². The van der Waals surface area contributed by atoms with E-state index in [4.69, 9.17) is 4.74 Å². The molecule has 186 valence electrons. The first kappa shape index (κ1) is 24.2. The quantitative estimate of drug-likeness (QED) is 0.358. The first-order valence-corrected chi connectivity index (χ1v) is 13.3. The van der Waals surface area contributed by atoms with Gasteiger partial charge in [0.2, 0.25) is 0 Å². The summed E-state index contributed by atoms with van der Waals surface area (Å²) in [6, 6.07) is 7.29. The summed E-state index contributed by atoms with van der Waals surface area (Å²) in [5.74, 6) is 0.395. The Morgan fingerprint density at radius 3 is 2.46 bits per heavy atom. The fourth-order valence-electron chi connectivity index (χ4n) is 8.34. The van der Waals surface area contributed by atoms with Crippen LogP contribution in [0.5, 0.6) is 0 Å². The Balaban J connectivity index is 1.33. The van der Waals surface area contributed by atoms with Crippen LogP contribution >= 0.6 is 0 Å². The largest absolute Gasteiger partial charge is 0.469 e. The number of ether oxygens (including phenoxy) is 1. The molecule has 4 aliphatic carbocycles. The van der Waals surface area contributed by atoms with Crippen molar-refractivity contribution in [3.8, 4) is 0 Å². The number of rotatable bonds is 4. The topological polar surface area (TPSA) is 60.4 Å². The summed E-state index contributed by atoms with van der Waals surface area (Å²) < 4.78 is 5.27. The van der Waals surface area contributed by atoms with E-state index in [9.17, 15) is 14.4 Å². The van der Waals surface area contributed by atoms with E-state index >= 15 is 0 Å². The van der Waals surface area contributed by atoms with Crippen molar-refractivity contribution in [1.82, 2.24) is 0 Å². The second-order valence-electron chi connectivity index (χ2n) is 11.9. The molecular weight excluding hydrogens is 436 g/mol. The van der Waals surface area contributed by atoms with E-state index < -0.39 is 5.41 Å². The number of methoxy groups -OCH3 is 1. The number of fused-ring (bicyclic) bond motifs is 3. The van der Waals surface area contributed by atoms with Gasteiger partial charge < -0.3 is 4.74 Å². The van der Waals surface area contributed by atoms with E-state index in [0.29, 0.717) is 35.8 Å². The van der Waals surface area contributed by atoms with E-state index in [-0.39, 0.29) is 34.8 Å². The molecule has 0 saturated heterocycles. The van der Waals surface area contributed by atoms with Crippen LogP contribution in [0.2, 0.25) is 0 Å². The minimum atomic E-state index is -0.430. The lowest BCUT2D eigenvalue weighted by atomic mass is 9.46. The fraction of sp³-hybridized carbons (Fsp3) is 0.581. The zero-order valence-electron chi connectivity index (χ0n) is 21.4. The van der Waals surface area contributed by atoms with Crippen molar-refractivity contribution in [2.45, 2.75) is 71.6 Å². The highest BCUT2D eigenvalue weighted by atomic mass is 16.5. The predicted octanol–water partition coefficient (Wildman–Crippen LogP) is 6.75. The van der Waals surface area contributed by atoms with Gasteiger partial charge in [0.05, 0.1) is 12.5 Å². The molecule has 35 heavy (non-hydrogen) atoms. The van der Waals surface area contributed by atoms with Gasteiger partial charge >= 0.3 is 5.97 Å². The molecule has 4 nitrogen and oxygen atoms in total. The molecule has 0 bridgehead atoms. The number of allylic oxidation sites excluding steroid dienone is 3. The van der Waals surface area contributed by atoms with Crippen LogP contribution in [-0.4, -0.2) is 24.6 Å². The van der Waals surface area contributed by atoms with Gasteiger partial charge in [0, 0.05) is 23.0 Å². The van der Waals surface area contributed by atoms with Crippen LogP contribution in [0.3, 0.4) is 0 Å². The maximum Gasteiger partial charge on any atom is 0.311 e. The third-order valence-electron chi connectivity index (χ3n) is 10.2. The third-order valence-corrected chi connectivity index (χ3v) is 10.2. The Bertz CT molecular complexity index is 1110. The molecule has 0 spiro atoms. The Morgan fingerprint density at radius 2 is 1.77 bits per heavy atom. The Morgan fingerprint density at radius 1 is 1.09 bits per heavy atom. The summed E-state index contributed by atoms with van der Waals surface area (Å²) in [5, 5.41) is 0. The van der Waals surface area contributed by atoms with Gasteiger partial charge in [0.15, 0.2) is 11.6 Å². The number of ketones is 2. The SMILES string of the molecule is C=C1CC[C@@H]2[C@](C)(CCC[C@]2(C)C(=O)OC)[C@H]1CCC1=CCC2C(=O)c3ccccc3C(=O)C2C1. The van der Waals surface area contributed by atoms with Crippen molar-refractivity contribution in [3.63, 3.8) is 0 Å². The van der Waals surface area contributed by atoms with Crippen molar-refractivity contribution < 1.29 is 19.1 Å². The number of carbonyl (C=O) groups is 3. The highest BCUT2D eigenvalue weighted by molar-refractivity contribution is 6.16. The molecule has 1 aromatic carbocycles. The lowest BCUT2D eigenvalue weighted by Crippen LogP contribution is -2.53. The fourth-order valence-corrected chi connectivity index (χ4v) is 8.34. The van der Waals surface area contributed by atoms with Crippen molar-refractivity contribution in [2.75, 3.05) is 7.11 Å². The molecule has 2 unspecified atom stereocenters. The van der Waals surface area contributed by atoms with E-state index in [1.807, 2.05) is 12.1 Å². The molecule has 2 saturated carbocycles. The minimum absolute atomic E-state index is 0.0316. The van der Waals surface area contributed by atoms with Crippen molar-refractivity contribution >= 4 is 17.5 Å². The van der Waals surface area contributed by atoms with Gasteiger partial charge in [-0.25, -0.2) is 0 Å². The first-order valence-electron chi connectivity index (χ1n) is 13.3. The van der Waals surface area contributed by atoms with Crippen molar-refractivity contribution in [2.24, 2.45) is 34.5 Å². The van der Waals surface area contributed by atoms with Gasteiger partial charge in [-0.05, 0) is 75.5 Å². The maximum absolute atomic E-state index is 13.3. The summed E-state index contributed by atoms with van der Waals surface area (Å²) >= 11 is 0. The number of hydrogen-bond donors (Lipinski definition) is 0. The van der Waals surface area contributed by atoms with E-state index in [1.54, 1.807) is 12.1 Å². The molecule has 4 heteroatoms. The molecule has 1 aromatic rings. The molecule has 5 rings (SSSR count). The van der Waals surface area contributed by atoms with E-state index in [0.717, 1.165) is 44.9 Å². The monoisotopic (exact) mass is 474 g/mol. The second kappa shape index (κ2) is 8.87. The first-order chi connectivity index (χ1) is 16.7. The van der Waals surface area contributed by atoms with Crippen LogP contribution in [0.25, 0.3) is 0 Å². The number of benzene rings is 1. The second-order valence-corrected chi connectivity index (χ2v) is 11.9. The molecular formula is C31H38O4.